The quantitative estimate of drug-likeness (QED) is 0.762. The summed E-state index contributed by atoms with van der Waals surface area (Å²) in [6.07, 6.45) is 1.59. The number of benzene rings is 2. The maximum Gasteiger partial charge on any atom is 0.249 e. The Bertz CT molecular complexity index is 710. The van der Waals surface area contributed by atoms with E-state index in [0.29, 0.717) is 11.8 Å². The van der Waals surface area contributed by atoms with Crippen molar-refractivity contribution in [3.63, 3.8) is 0 Å². The van der Waals surface area contributed by atoms with Crippen molar-refractivity contribution in [1.29, 1.82) is 0 Å². The average Bonchev–Trinajstić information content (AvgIpc) is 2.51. The zero-order valence-corrected chi connectivity index (χ0v) is 11.6. The van der Waals surface area contributed by atoms with Crippen LogP contribution in [-0.2, 0) is 0 Å². The van der Waals surface area contributed by atoms with E-state index in [2.05, 4.69) is 32.7 Å². The van der Waals surface area contributed by atoms with Gasteiger partial charge in [-0.3, -0.25) is 0 Å². The van der Waals surface area contributed by atoms with Crippen LogP contribution in [0.2, 0.25) is 0 Å². The lowest BCUT2D eigenvalue weighted by Crippen LogP contribution is -2.02. The summed E-state index contributed by atoms with van der Waals surface area (Å²) in [6, 6.07) is 17.8. The summed E-state index contributed by atoms with van der Waals surface area (Å²) in [7, 11) is 0. The molecule has 3 rings (SSSR count). The van der Waals surface area contributed by atoms with Crippen LogP contribution in [0.25, 0.3) is 0 Å². The van der Waals surface area contributed by atoms with Crippen molar-refractivity contribution in [3.05, 3.63) is 66.4 Å². The van der Waals surface area contributed by atoms with Gasteiger partial charge in [0.2, 0.25) is 5.95 Å². The van der Waals surface area contributed by atoms with Crippen molar-refractivity contribution < 1.29 is 0 Å². The Labute approximate surface area is 123 Å². The third-order valence-electron chi connectivity index (χ3n) is 2.91. The summed E-state index contributed by atoms with van der Waals surface area (Å²) in [6.45, 7) is 2.05. The molecule has 0 aliphatic carbocycles. The molecule has 104 valence electrons. The van der Waals surface area contributed by atoms with Gasteiger partial charge in [0.1, 0.15) is 0 Å². The third-order valence-corrected chi connectivity index (χ3v) is 2.91. The predicted molar refractivity (Wildman–Crippen MR) is 84.0 cm³/mol. The fraction of sp³-hybridized carbons (Fsp3) is 0.0625. The van der Waals surface area contributed by atoms with Crippen LogP contribution >= 0.6 is 0 Å². The van der Waals surface area contributed by atoms with Crippen molar-refractivity contribution in [2.45, 2.75) is 6.92 Å². The fourth-order valence-electron chi connectivity index (χ4n) is 1.85. The van der Waals surface area contributed by atoms with Gasteiger partial charge in [-0.2, -0.15) is 10.1 Å². The molecule has 2 aromatic carbocycles. The van der Waals surface area contributed by atoms with Crippen molar-refractivity contribution in [2.75, 3.05) is 10.6 Å². The molecule has 0 saturated carbocycles. The van der Waals surface area contributed by atoms with Crippen LogP contribution in [0.5, 0.6) is 0 Å². The molecule has 1 aromatic heterocycles. The molecule has 0 aliphatic heterocycles. The molecule has 0 fully saturated rings. The largest absolute Gasteiger partial charge is 0.339 e. The molecule has 0 aliphatic rings. The minimum absolute atomic E-state index is 0.457. The third kappa shape index (κ3) is 3.54. The number of rotatable bonds is 4. The lowest BCUT2D eigenvalue weighted by atomic mass is 10.2. The van der Waals surface area contributed by atoms with E-state index in [0.717, 1.165) is 11.4 Å². The molecule has 2 N–H and O–H groups in total. The van der Waals surface area contributed by atoms with Crippen LogP contribution < -0.4 is 10.6 Å². The van der Waals surface area contributed by atoms with Crippen molar-refractivity contribution in [3.8, 4) is 0 Å². The molecule has 0 amide bonds. The topological polar surface area (TPSA) is 62.7 Å². The Morgan fingerprint density at radius 1 is 0.810 bits per heavy atom. The number of nitrogens with one attached hydrogen (secondary N) is 2. The number of aryl methyl sites for hydroxylation is 1. The first-order valence-corrected chi connectivity index (χ1v) is 6.65. The first-order chi connectivity index (χ1) is 10.3. The van der Waals surface area contributed by atoms with Gasteiger partial charge in [0, 0.05) is 11.4 Å². The zero-order valence-electron chi connectivity index (χ0n) is 11.6. The molecule has 0 atom stereocenters. The Morgan fingerprint density at radius 2 is 1.52 bits per heavy atom. The van der Waals surface area contributed by atoms with E-state index in [-0.39, 0.29) is 0 Å². The van der Waals surface area contributed by atoms with Gasteiger partial charge in [-0.05, 0) is 31.2 Å². The molecule has 0 bridgehead atoms. The lowest BCUT2D eigenvalue weighted by Gasteiger charge is -2.07. The summed E-state index contributed by atoms with van der Waals surface area (Å²) in [5, 5.41) is 14.3. The predicted octanol–water partition coefficient (Wildman–Crippen LogP) is 3.67. The summed E-state index contributed by atoms with van der Waals surface area (Å²) < 4.78 is 0. The van der Waals surface area contributed by atoms with E-state index in [9.17, 15) is 0 Å². The van der Waals surface area contributed by atoms with Crippen molar-refractivity contribution >= 4 is 23.1 Å². The van der Waals surface area contributed by atoms with Gasteiger partial charge in [0.05, 0.1) is 6.20 Å². The molecule has 21 heavy (non-hydrogen) atoms. The minimum atomic E-state index is 0.457. The summed E-state index contributed by atoms with van der Waals surface area (Å²) in [5.74, 6) is 1.10. The Hall–Kier alpha value is -2.95. The minimum Gasteiger partial charge on any atom is -0.339 e. The van der Waals surface area contributed by atoms with Gasteiger partial charge in [-0.25, -0.2) is 0 Å². The second kappa shape index (κ2) is 6.00. The normalized spacial score (nSPS) is 10.1. The monoisotopic (exact) mass is 277 g/mol. The lowest BCUT2D eigenvalue weighted by molar-refractivity contribution is 0.982. The highest BCUT2D eigenvalue weighted by Gasteiger charge is 2.01. The SMILES string of the molecule is Cc1ccc(Nc2cnnc(Nc3ccccc3)n2)cc1. The Morgan fingerprint density at radius 3 is 2.29 bits per heavy atom. The first kappa shape index (κ1) is 13.1. The number of hydrogen-bond donors (Lipinski definition) is 2. The maximum atomic E-state index is 4.39. The van der Waals surface area contributed by atoms with Crippen molar-refractivity contribution in [1.82, 2.24) is 15.2 Å². The molecule has 5 heteroatoms. The molecule has 5 nitrogen and oxygen atoms in total. The molecule has 0 spiro atoms. The standard InChI is InChI=1S/C16H15N5/c1-12-7-9-14(10-8-12)18-15-11-17-21-16(20-15)19-13-5-3-2-4-6-13/h2-11H,1H3,(H2,18,19,20,21). The van der Waals surface area contributed by atoms with Gasteiger partial charge in [0.15, 0.2) is 5.82 Å². The van der Waals surface area contributed by atoms with Crippen molar-refractivity contribution in [2.24, 2.45) is 0 Å². The van der Waals surface area contributed by atoms with E-state index < -0.39 is 0 Å². The van der Waals surface area contributed by atoms with Crippen LogP contribution in [0.4, 0.5) is 23.1 Å². The molecule has 0 saturated heterocycles. The average molecular weight is 277 g/mol. The summed E-state index contributed by atoms with van der Waals surface area (Å²) in [4.78, 5) is 4.39. The number of hydrogen-bond acceptors (Lipinski definition) is 5. The second-order valence-electron chi connectivity index (χ2n) is 4.65. The van der Waals surface area contributed by atoms with E-state index in [1.165, 1.54) is 5.56 Å². The van der Waals surface area contributed by atoms with E-state index in [4.69, 9.17) is 0 Å². The number of anilines is 4. The van der Waals surface area contributed by atoms with E-state index in [1.54, 1.807) is 6.20 Å². The second-order valence-corrected chi connectivity index (χ2v) is 4.65. The van der Waals surface area contributed by atoms with Crippen LogP contribution in [0.3, 0.4) is 0 Å². The molecule has 3 aromatic rings. The molecule has 1 heterocycles. The molecule has 0 radical (unpaired) electrons. The maximum absolute atomic E-state index is 4.39. The highest BCUT2D eigenvalue weighted by Crippen LogP contribution is 2.16. The number of aromatic nitrogens is 3. The summed E-state index contributed by atoms with van der Waals surface area (Å²) in [5.41, 5.74) is 3.10. The van der Waals surface area contributed by atoms with Crippen LogP contribution in [-0.4, -0.2) is 15.2 Å². The zero-order chi connectivity index (χ0) is 14.5. The fourth-order valence-corrected chi connectivity index (χ4v) is 1.85. The highest BCUT2D eigenvalue weighted by molar-refractivity contribution is 5.58. The van der Waals surface area contributed by atoms with Crippen LogP contribution in [0, 0.1) is 6.92 Å². The molecular formula is C16H15N5. The first-order valence-electron chi connectivity index (χ1n) is 6.65. The van der Waals surface area contributed by atoms with Gasteiger partial charge in [-0.15, -0.1) is 5.10 Å². The highest BCUT2D eigenvalue weighted by atomic mass is 15.3. The van der Waals surface area contributed by atoms with E-state index in [1.807, 2.05) is 54.6 Å². The molecule has 0 unspecified atom stereocenters. The summed E-state index contributed by atoms with van der Waals surface area (Å²) >= 11 is 0. The van der Waals surface area contributed by atoms with Crippen LogP contribution in [0.15, 0.2) is 60.8 Å². The molecular weight excluding hydrogens is 262 g/mol. The number of para-hydroxylation sites is 1. The Balaban J connectivity index is 1.75. The van der Waals surface area contributed by atoms with Gasteiger partial charge in [0.25, 0.3) is 0 Å². The van der Waals surface area contributed by atoms with E-state index >= 15 is 0 Å². The number of nitrogens with zero attached hydrogens (tertiary/aromatic N) is 3. The van der Waals surface area contributed by atoms with Gasteiger partial charge in [-0.1, -0.05) is 35.9 Å². The van der Waals surface area contributed by atoms with Gasteiger partial charge >= 0.3 is 0 Å². The van der Waals surface area contributed by atoms with Crippen LogP contribution in [0.1, 0.15) is 5.56 Å². The van der Waals surface area contributed by atoms with Gasteiger partial charge < -0.3 is 10.6 Å². The smallest absolute Gasteiger partial charge is 0.249 e. The Kier molecular flexibility index (Phi) is 3.73.